The number of rotatable bonds is 5. The number of carbonyl (C=O) groups is 1. The van der Waals surface area contributed by atoms with E-state index in [1.165, 1.54) is 12.1 Å². The fraction of sp³-hybridized carbons (Fsp3) is 0.533. The highest BCUT2D eigenvalue weighted by Gasteiger charge is 2.20. The van der Waals surface area contributed by atoms with Gasteiger partial charge >= 0.3 is 5.97 Å². The number of hydrogen-bond donors (Lipinski definition) is 3. The molecule has 5 nitrogen and oxygen atoms in total. The highest BCUT2D eigenvalue weighted by Crippen LogP contribution is 2.20. The van der Waals surface area contributed by atoms with Crippen molar-refractivity contribution in [2.24, 2.45) is 0 Å². The molecule has 0 aliphatic carbocycles. The van der Waals surface area contributed by atoms with E-state index < -0.39 is 23.8 Å². The SMILES string of the molecule is CC(C)(C)OC(=O)c1ccc(C(O)C(O)CCO)cc1. The number of carbonyl (C=O) groups excluding carboxylic acids is 1. The van der Waals surface area contributed by atoms with E-state index in [0.29, 0.717) is 11.1 Å². The van der Waals surface area contributed by atoms with E-state index in [0.717, 1.165) is 0 Å². The molecule has 0 aliphatic heterocycles. The first-order valence-electron chi connectivity index (χ1n) is 6.55. The third-order valence-electron chi connectivity index (χ3n) is 2.68. The second kappa shape index (κ2) is 6.83. The van der Waals surface area contributed by atoms with Gasteiger partial charge < -0.3 is 20.1 Å². The molecule has 5 heteroatoms. The van der Waals surface area contributed by atoms with Crippen LogP contribution >= 0.6 is 0 Å². The van der Waals surface area contributed by atoms with Gasteiger partial charge in [0.1, 0.15) is 11.7 Å². The van der Waals surface area contributed by atoms with E-state index in [9.17, 15) is 15.0 Å². The first-order valence-corrected chi connectivity index (χ1v) is 6.55. The van der Waals surface area contributed by atoms with Crippen LogP contribution in [0.1, 0.15) is 49.2 Å². The second-order valence-corrected chi connectivity index (χ2v) is 5.65. The Morgan fingerprint density at radius 2 is 1.75 bits per heavy atom. The van der Waals surface area contributed by atoms with Crippen molar-refractivity contribution in [1.82, 2.24) is 0 Å². The van der Waals surface area contributed by atoms with Crippen LogP contribution in [0.2, 0.25) is 0 Å². The molecule has 2 unspecified atom stereocenters. The van der Waals surface area contributed by atoms with Crippen LogP contribution in [0.15, 0.2) is 24.3 Å². The van der Waals surface area contributed by atoms with E-state index >= 15 is 0 Å². The first kappa shape index (κ1) is 16.6. The summed E-state index contributed by atoms with van der Waals surface area (Å²) in [6, 6.07) is 6.20. The molecule has 0 spiro atoms. The van der Waals surface area contributed by atoms with Crippen LogP contribution < -0.4 is 0 Å². The maximum atomic E-state index is 11.8. The van der Waals surface area contributed by atoms with Crippen molar-refractivity contribution in [3.63, 3.8) is 0 Å². The standard InChI is InChI=1S/C15H22O5/c1-15(2,3)20-14(19)11-6-4-10(5-7-11)13(18)12(17)8-9-16/h4-7,12-13,16-18H,8-9H2,1-3H3. The Morgan fingerprint density at radius 3 is 2.20 bits per heavy atom. The number of benzene rings is 1. The minimum absolute atomic E-state index is 0.0922. The normalized spacial score (nSPS) is 14.7. The molecule has 0 saturated carbocycles. The van der Waals surface area contributed by atoms with Gasteiger partial charge in [0.25, 0.3) is 0 Å². The summed E-state index contributed by atoms with van der Waals surface area (Å²) in [6.07, 6.45) is -2.03. The minimum atomic E-state index is -1.09. The Balaban J connectivity index is 2.76. The lowest BCUT2D eigenvalue weighted by Gasteiger charge is -2.20. The zero-order valence-electron chi connectivity index (χ0n) is 12.0. The van der Waals surface area contributed by atoms with Gasteiger partial charge in [0.2, 0.25) is 0 Å². The maximum Gasteiger partial charge on any atom is 0.338 e. The number of ether oxygens (including phenoxy) is 1. The van der Waals surface area contributed by atoms with Crippen LogP contribution in [0.4, 0.5) is 0 Å². The Labute approximate surface area is 118 Å². The highest BCUT2D eigenvalue weighted by atomic mass is 16.6. The summed E-state index contributed by atoms with van der Waals surface area (Å²) in [6.45, 7) is 5.16. The fourth-order valence-corrected chi connectivity index (χ4v) is 1.67. The molecular weight excluding hydrogens is 260 g/mol. The molecule has 0 aromatic heterocycles. The Bertz CT molecular complexity index is 433. The number of esters is 1. The van der Waals surface area contributed by atoms with E-state index in [2.05, 4.69) is 0 Å². The molecule has 0 amide bonds. The molecule has 0 bridgehead atoms. The van der Waals surface area contributed by atoms with Crippen molar-refractivity contribution in [2.45, 2.75) is 45.0 Å². The van der Waals surface area contributed by atoms with Crippen molar-refractivity contribution in [3.05, 3.63) is 35.4 Å². The third kappa shape index (κ3) is 4.92. The quantitative estimate of drug-likeness (QED) is 0.711. The largest absolute Gasteiger partial charge is 0.456 e. The number of aliphatic hydroxyl groups excluding tert-OH is 3. The molecule has 1 aromatic rings. The van der Waals surface area contributed by atoms with Gasteiger partial charge in [-0.1, -0.05) is 12.1 Å². The van der Waals surface area contributed by atoms with Gasteiger partial charge in [0.05, 0.1) is 11.7 Å². The molecule has 0 saturated heterocycles. The lowest BCUT2D eigenvalue weighted by atomic mass is 10.0. The molecule has 1 aromatic carbocycles. The summed E-state index contributed by atoms with van der Waals surface area (Å²) in [4.78, 5) is 11.8. The molecule has 2 atom stereocenters. The van der Waals surface area contributed by atoms with Crippen LogP contribution in [0.25, 0.3) is 0 Å². The predicted molar refractivity (Wildman–Crippen MR) is 74.3 cm³/mol. The Kier molecular flexibility index (Phi) is 5.68. The lowest BCUT2D eigenvalue weighted by molar-refractivity contribution is 0.00402. The van der Waals surface area contributed by atoms with Gasteiger partial charge in [-0.15, -0.1) is 0 Å². The van der Waals surface area contributed by atoms with Crippen molar-refractivity contribution in [2.75, 3.05) is 6.61 Å². The van der Waals surface area contributed by atoms with E-state index in [-0.39, 0.29) is 13.0 Å². The van der Waals surface area contributed by atoms with Gasteiger partial charge in [-0.25, -0.2) is 4.79 Å². The Morgan fingerprint density at radius 1 is 1.20 bits per heavy atom. The van der Waals surface area contributed by atoms with E-state index in [1.54, 1.807) is 32.9 Å². The van der Waals surface area contributed by atoms with E-state index in [1.807, 2.05) is 0 Å². The van der Waals surface area contributed by atoms with Crippen LogP contribution in [-0.2, 0) is 4.74 Å². The van der Waals surface area contributed by atoms with Crippen molar-refractivity contribution >= 4 is 5.97 Å². The van der Waals surface area contributed by atoms with Gasteiger partial charge in [0, 0.05) is 6.61 Å². The van der Waals surface area contributed by atoms with Gasteiger partial charge in [0.15, 0.2) is 0 Å². The average Bonchev–Trinajstić information content (AvgIpc) is 2.36. The first-order chi connectivity index (χ1) is 9.24. The molecule has 20 heavy (non-hydrogen) atoms. The van der Waals surface area contributed by atoms with Gasteiger partial charge in [-0.2, -0.15) is 0 Å². The molecular formula is C15H22O5. The van der Waals surface area contributed by atoms with Crippen molar-refractivity contribution in [3.8, 4) is 0 Å². The molecule has 0 heterocycles. The zero-order valence-corrected chi connectivity index (χ0v) is 12.0. The Hall–Kier alpha value is -1.43. The van der Waals surface area contributed by atoms with Crippen molar-refractivity contribution in [1.29, 1.82) is 0 Å². The van der Waals surface area contributed by atoms with E-state index in [4.69, 9.17) is 9.84 Å². The monoisotopic (exact) mass is 282 g/mol. The molecule has 0 radical (unpaired) electrons. The summed E-state index contributed by atoms with van der Waals surface area (Å²) >= 11 is 0. The number of aliphatic hydroxyl groups is 3. The molecule has 112 valence electrons. The lowest BCUT2D eigenvalue weighted by Crippen LogP contribution is -2.24. The maximum absolute atomic E-state index is 11.8. The van der Waals surface area contributed by atoms with Crippen LogP contribution in [0.5, 0.6) is 0 Å². The summed E-state index contributed by atoms with van der Waals surface area (Å²) in [5.74, 6) is -0.436. The summed E-state index contributed by atoms with van der Waals surface area (Å²) in [5, 5.41) is 28.2. The average molecular weight is 282 g/mol. The summed E-state index contributed by atoms with van der Waals surface area (Å²) in [5.41, 5.74) is 0.304. The van der Waals surface area contributed by atoms with Crippen LogP contribution in [0, 0.1) is 0 Å². The third-order valence-corrected chi connectivity index (χ3v) is 2.68. The fourth-order valence-electron chi connectivity index (χ4n) is 1.67. The van der Waals surface area contributed by atoms with Crippen LogP contribution in [0.3, 0.4) is 0 Å². The minimum Gasteiger partial charge on any atom is -0.456 e. The summed E-state index contributed by atoms with van der Waals surface area (Å²) < 4.78 is 5.23. The van der Waals surface area contributed by atoms with Crippen molar-refractivity contribution < 1.29 is 24.9 Å². The highest BCUT2D eigenvalue weighted by molar-refractivity contribution is 5.89. The molecule has 3 N–H and O–H groups in total. The second-order valence-electron chi connectivity index (χ2n) is 5.65. The smallest absolute Gasteiger partial charge is 0.338 e. The summed E-state index contributed by atoms with van der Waals surface area (Å²) in [7, 11) is 0. The molecule has 0 fully saturated rings. The van der Waals surface area contributed by atoms with Crippen LogP contribution in [-0.4, -0.2) is 39.6 Å². The number of hydrogen-bond acceptors (Lipinski definition) is 5. The van der Waals surface area contributed by atoms with Gasteiger partial charge in [-0.3, -0.25) is 0 Å². The molecule has 1 rings (SSSR count). The van der Waals surface area contributed by atoms with Gasteiger partial charge in [-0.05, 0) is 44.9 Å². The zero-order chi connectivity index (χ0) is 15.3. The molecule has 0 aliphatic rings. The topological polar surface area (TPSA) is 87.0 Å². The predicted octanol–water partition coefficient (Wildman–Crippen LogP) is 1.42.